The van der Waals surface area contributed by atoms with Gasteiger partial charge >= 0.3 is 0 Å². The van der Waals surface area contributed by atoms with Crippen LogP contribution in [0, 0.1) is 46.3 Å². The summed E-state index contributed by atoms with van der Waals surface area (Å²) in [5.41, 5.74) is -1.76. The molecule has 14 heteroatoms. The number of amides is 4. The van der Waals surface area contributed by atoms with Gasteiger partial charge in [0, 0.05) is 58.9 Å². The number of aliphatic hydroxyl groups is 4. The number of rotatable bonds is 10. The molecule has 1 unspecified atom stereocenters. The fraction of sp³-hybridized carbons (Fsp3) is 0.680. The minimum absolute atomic E-state index is 0.0737. The van der Waals surface area contributed by atoms with Crippen molar-refractivity contribution >= 4 is 46.8 Å². The predicted molar refractivity (Wildman–Crippen MR) is 250 cm³/mol. The van der Waals surface area contributed by atoms with Crippen molar-refractivity contribution < 1.29 is 39.6 Å². The van der Waals surface area contributed by atoms with Crippen LogP contribution in [0.2, 0.25) is 10.0 Å². The average molecular weight is 930 g/mol. The van der Waals surface area contributed by atoms with Crippen LogP contribution in [-0.4, -0.2) is 104 Å². The van der Waals surface area contributed by atoms with Crippen molar-refractivity contribution in [2.75, 3.05) is 26.2 Å². The highest BCUT2D eigenvalue weighted by molar-refractivity contribution is 6.30. The van der Waals surface area contributed by atoms with Crippen LogP contribution in [0.25, 0.3) is 0 Å². The van der Waals surface area contributed by atoms with E-state index in [0.29, 0.717) is 74.7 Å². The number of piperidine rings is 2. The Morgan fingerprint density at radius 1 is 0.594 bits per heavy atom. The van der Waals surface area contributed by atoms with Gasteiger partial charge in [-0.3, -0.25) is 19.2 Å². The molecule has 12 nitrogen and oxygen atoms in total. The number of carbonyl (C=O) groups is 4. The molecule has 0 aromatic heterocycles. The van der Waals surface area contributed by atoms with Crippen molar-refractivity contribution in [1.29, 1.82) is 0 Å². The lowest BCUT2D eigenvalue weighted by molar-refractivity contribution is -0.157. The Hall–Kier alpha value is -3.26. The molecule has 356 valence electrons. The van der Waals surface area contributed by atoms with Gasteiger partial charge in [0.05, 0.1) is 23.4 Å². The van der Waals surface area contributed by atoms with Crippen LogP contribution in [0.1, 0.15) is 119 Å². The molecule has 2 aromatic carbocycles. The predicted octanol–water partition coefficient (Wildman–Crippen LogP) is 6.67. The molecule has 2 aromatic rings. The average Bonchev–Trinajstić information content (AvgIpc) is 3.75. The standard InChI is InChI=1S/2C25H37ClN2O4/c2*1-15(2)21(27-22(30)17-12-16(3)20(29)13-17)23(31)28-11-10-25(32,24(4,5)14-28)18-6-8-19(26)9-7-18/h2*6-9,15-17,20-21,29,32H,10-14H2,1-5H3,(H,27,30)/t16-,17?,20-,21-,25+;16-,17+,20-,21+,25-/m10/s1. The van der Waals surface area contributed by atoms with Crippen LogP contribution >= 0.6 is 23.2 Å². The molecule has 4 amide bonds. The van der Waals surface area contributed by atoms with Gasteiger partial charge in [-0.2, -0.15) is 0 Å². The van der Waals surface area contributed by atoms with Gasteiger partial charge in [-0.05, 0) is 97.6 Å². The first-order chi connectivity index (χ1) is 29.7. The monoisotopic (exact) mass is 928 g/mol. The lowest BCUT2D eigenvalue weighted by Gasteiger charge is -2.51. The van der Waals surface area contributed by atoms with Crippen LogP contribution in [-0.2, 0) is 30.4 Å². The number of carbonyl (C=O) groups excluding carboxylic acids is 4. The molecule has 0 radical (unpaired) electrons. The molecule has 2 aliphatic heterocycles. The summed E-state index contributed by atoms with van der Waals surface area (Å²) in [6.07, 6.45) is 2.03. The maximum Gasteiger partial charge on any atom is 0.245 e. The number of hydrogen-bond acceptors (Lipinski definition) is 8. The molecule has 4 aliphatic rings. The summed E-state index contributed by atoms with van der Waals surface area (Å²) < 4.78 is 0. The topological polar surface area (TPSA) is 180 Å². The molecule has 64 heavy (non-hydrogen) atoms. The summed E-state index contributed by atoms with van der Waals surface area (Å²) in [5.74, 6) is -1.05. The molecule has 4 fully saturated rings. The Bertz CT molecular complexity index is 1800. The minimum atomic E-state index is -1.08. The molecule has 6 N–H and O–H groups in total. The molecule has 0 spiro atoms. The number of nitrogens with zero attached hydrogens (tertiary/aromatic N) is 2. The number of hydrogen-bond donors (Lipinski definition) is 6. The molecule has 6 rings (SSSR count). The van der Waals surface area contributed by atoms with Gasteiger partial charge in [0.15, 0.2) is 0 Å². The Labute approximate surface area is 390 Å². The van der Waals surface area contributed by atoms with Crippen molar-refractivity contribution in [3.05, 3.63) is 69.7 Å². The van der Waals surface area contributed by atoms with Gasteiger partial charge in [-0.15, -0.1) is 0 Å². The molecular formula is C50H74Cl2N4O8. The van der Waals surface area contributed by atoms with Crippen LogP contribution in [0.4, 0.5) is 0 Å². The van der Waals surface area contributed by atoms with Crippen LogP contribution in [0.5, 0.6) is 0 Å². The van der Waals surface area contributed by atoms with E-state index in [1.807, 2.05) is 93.5 Å². The zero-order valence-electron chi connectivity index (χ0n) is 39.5. The highest BCUT2D eigenvalue weighted by Gasteiger charge is 2.52. The first-order valence-corrected chi connectivity index (χ1v) is 24.0. The van der Waals surface area contributed by atoms with E-state index in [1.54, 1.807) is 34.1 Å². The lowest BCUT2D eigenvalue weighted by Crippen LogP contribution is -2.60. The second kappa shape index (κ2) is 20.3. The third kappa shape index (κ3) is 11.1. The fourth-order valence-electron chi connectivity index (χ4n) is 10.4. The first-order valence-electron chi connectivity index (χ1n) is 23.2. The molecule has 0 bridgehead atoms. The highest BCUT2D eigenvalue weighted by Crippen LogP contribution is 2.48. The summed E-state index contributed by atoms with van der Waals surface area (Å²) >= 11 is 12.0. The van der Waals surface area contributed by atoms with Crippen molar-refractivity contribution in [3.8, 4) is 0 Å². The second-order valence-corrected chi connectivity index (χ2v) is 22.3. The largest absolute Gasteiger partial charge is 0.393 e. The molecule has 2 heterocycles. The number of aliphatic hydroxyl groups excluding tert-OH is 2. The van der Waals surface area contributed by atoms with Gasteiger partial charge < -0.3 is 40.9 Å². The van der Waals surface area contributed by atoms with Crippen molar-refractivity contribution in [2.45, 2.75) is 143 Å². The molecule has 2 saturated carbocycles. The van der Waals surface area contributed by atoms with E-state index in [2.05, 4.69) is 10.6 Å². The van der Waals surface area contributed by atoms with E-state index in [0.717, 1.165) is 11.1 Å². The summed E-state index contributed by atoms with van der Waals surface area (Å²) in [6.45, 7) is 21.0. The van der Waals surface area contributed by atoms with Gasteiger partial charge in [-0.25, -0.2) is 0 Å². The van der Waals surface area contributed by atoms with Crippen molar-refractivity contribution in [2.24, 2.45) is 46.3 Å². The van der Waals surface area contributed by atoms with Gasteiger partial charge in [0.1, 0.15) is 12.1 Å². The van der Waals surface area contributed by atoms with Crippen molar-refractivity contribution in [1.82, 2.24) is 20.4 Å². The van der Waals surface area contributed by atoms with Gasteiger partial charge in [-0.1, -0.05) is 117 Å². The zero-order valence-corrected chi connectivity index (χ0v) is 41.0. The summed E-state index contributed by atoms with van der Waals surface area (Å²) in [6, 6.07) is 13.2. The number of nitrogens with one attached hydrogen (secondary N) is 2. The minimum Gasteiger partial charge on any atom is -0.393 e. The normalized spacial score (nSPS) is 30.9. The smallest absolute Gasteiger partial charge is 0.245 e. The maximum atomic E-state index is 13.5. The maximum absolute atomic E-state index is 13.5. The summed E-state index contributed by atoms with van der Waals surface area (Å²) in [7, 11) is 0. The van der Waals surface area contributed by atoms with E-state index in [1.165, 1.54) is 0 Å². The van der Waals surface area contributed by atoms with E-state index in [9.17, 15) is 39.6 Å². The van der Waals surface area contributed by atoms with E-state index in [-0.39, 0.29) is 59.1 Å². The number of likely N-dealkylation sites (tertiary alicyclic amines) is 2. The van der Waals surface area contributed by atoms with Crippen LogP contribution in [0.15, 0.2) is 48.5 Å². The summed E-state index contributed by atoms with van der Waals surface area (Å²) in [4.78, 5) is 56.1. The molecule has 2 saturated heterocycles. The quantitative estimate of drug-likeness (QED) is 0.153. The number of halogens is 2. The Balaban J connectivity index is 0.000000241. The summed E-state index contributed by atoms with van der Waals surface area (Å²) in [5, 5.41) is 50.3. The number of benzene rings is 2. The van der Waals surface area contributed by atoms with E-state index < -0.39 is 46.3 Å². The van der Waals surface area contributed by atoms with Gasteiger partial charge in [0.25, 0.3) is 0 Å². The fourth-order valence-corrected chi connectivity index (χ4v) is 10.6. The third-order valence-electron chi connectivity index (χ3n) is 15.0. The SMILES string of the molecule is CC(C)[C@@H](NC(=O)C1C[C@@H](C)[C@H](O)C1)C(=O)N1CC[C@](O)(c2ccc(Cl)cc2)C(C)(C)C1.CC(C)[C@@H](NC(=O)[C@@H]1C[C@H](C)[C@@H](O)C1)C(=O)N1CC[C@](O)(c2ccc(Cl)cc2)C(C)(C)C1. The zero-order chi connectivity index (χ0) is 47.7. The van der Waals surface area contributed by atoms with Crippen molar-refractivity contribution in [3.63, 3.8) is 0 Å². The second-order valence-electron chi connectivity index (χ2n) is 21.4. The third-order valence-corrected chi connectivity index (χ3v) is 15.6. The van der Waals surface area contributed by atoms with E-state index in [4.69, 9.17) is 23.2 Å². The Kier molecular flexibility index (Phi) is 16.4. The highest BCUT2D eigenvalue weighted by atomic mass is 35.5. The molecule has 10 atom stereocenters. The molecule has 2 aliphatic carbocycles. The van der Waals surface area contributed by atoms with Crippen LogP contribution < -0.4 is 10.6 Å². The van der Waals surface area contributed by atoms with Crippen LogP contribution in [0.3, 0.4) is 0 Å². The first kappa shape index (κ1) is 51.7. The Morgan fingerprint density at radius 2 is 0.906 bits per heavy atom. The van der Waals surface area contributed by atoms with E-state index >= 15 is 0 Å². The lowest BCUT2D eigenvalue weighted by atomic mass is 9.66. The van der Waals surface area contributed by atoms with Gasteiger partial charge in [0.2, 0.25) is 23.6 Å². The molecular weight excluding hydrogens is 855 g/mol. The Morgan fingerprint density at radius 3 is 1.16 bits per heavy atom.